The Morgan fingerprint density at radius 2 is 1.79 bits per heavy atom. The quantitative estimate of drug-likeness (QED) is 0.734. The lowest BCUT2D eigenvalue weighted by Crippen LogP contribution is -2.36. The number of hydrogen-bond acceptors (Lipinski definition) is 5. The van der Waals surface area contributed by atoms with Crippen LogP contribution in [0.3, 0.4) is 0 Å². The lowest BCUT2D eigenvalue weighted by Gasteiger charge is -2.31. The molecule has 0 saturated carbocycles. The molecule has 0 amide bonds. The van der Waals surface area contributed by atoms with Gasteiger partial charge in [0, 0.05) is 6.54 Å². The van der Waals surface area contributed by atoms with Gasteiger partial charge in [0.2, 0.25) is 0 Å². The second-order valence-electron chi connectivity index (χ2n) is 7.41. The first-order valence-corrected chi connectivity index (χ1v) is 10.1. The number of para-hydroxylation sites is 2. The topological polar surface area (TPSA) is 48.0 Å². The molecular weight excluding hydrogens is 354 g/mol. The molecule has 0 aliphatic carbocycles. The first-order valence-electron chi connectivity index (χ1n) is 10.1. The van der Waals surface area contributed by atoms with Gasteiger partial charge in [-0.2, -0.15) is 0 Å². The lowest BCUT2D eigenvalue weighted by atomic mass is 9.96. The van der Waals surface area contributed by atoms with E-state index in [-0.39, 0.29) is 18.0 Å². The molecule has 1 fully saturated rings. The summed E-state index contributed by atoms with van der Waals surface area (Å²) in [6, 6.07) is 16.4. The molecule has 0 aromatic heterocycles. The molecule has 1 atom stereocenters. The Morgan fingerprint density at radius 3 is 2.50 bits per heavy atom. The molecular formula is C23H27NO4. The van der Waals surface area contributed by atoms with Gasteiger partial charge in [-0.05, 0) is 56.1 Å². The summed E-state index contributed by atoms with van der Waals surface area (Å²) < 4.78 is 17.0. The van der Waals surface area contributed by atoms with Crippen LogP contribution in [0, 0.1) is 5.92 Å². The fraction of sp³-hybridized carbons (Fsp3) is 0.435. The third kappa shape index (κ3) is 4.30. The van der Waals surface area contributed by atoms with E-state index in [1.54, 1.807) is 0 Å². The van der Waals surface area contributed by atoms with Gasteiger partial charge < -0.3 is 14.2 Å². The molecule has 2 aliphatic heterocycles. The Morgan fingerprint density at radius 1 is 1.07 bits per heavy atom. The fourth-order valence-electron chi connectivity index (χ4n) is 3.87. The van der Waals surface area contributed by atoms with Crippen molar-refractivity contribution in [3.05, 3.63) is 59.7 Å². The summed E-state index contributed by atoms with van der Waals surface area (Å²) in [7, 11) is 0. The van der Waals surface area contributed by atoms with Crippen LogP contribution in [0.1, 0.15) is 37.0 Å². The van der Waals surface area contributed by atoms with E-state index in [4.69, 9.17) is 14.2 Å². The average molecular weight is 381 g/mol. The van der Waals surface area contributed by atoms with Gasteiger partial charge in [0.1, 0.15) is 6.61 Å². The molecule has 0 bridgehead atoms. The van der Waals surface area contributed by atoms with E-state index >= 15 is 0 Å². The van der Waals surface area contributed by atoms with E-state index in [0.717, 1.165) is 49.5 Å². The summed E-state index contributed by atoms with van der Waals surface area (Å²) in [4.78, 5) is 14.3. The van der Waals surface area contributed by atoms with Gasteiger partial charge in [-0.15, -0.1) is 0 Å². The van der Waals surface area contributed by atoms with Crippen LogP contribution < -0.4 is 9.47 Å². The van der Waals surface area contributed by atoms with E-state index in [1.165, 1.54) is 5.56 Å². The molecule has 2 heterocycles. The van der Waals surface area contributed by atoms with Gasteiger partial charge in [-0.25, -0.2) is 0 Å². The second kappa shape index (κ2) is 8.65. The molecule has 2 aromatic carbocycles. The first kappa shape index (κ1) is 18.8. The molecule has 1 unspecified atom stereocenters. The van der Waals surface area contributed by atoms with E-state index in [9.17, 15) is 4.79 Å². The summed E-state index contributed by atoms with van der Waals surface area (Å²) in [5.41, 5.74) is 2.40. The summed E-state index contributed by atoms with van der Waals surface area (Å²) in [5, 5.41) is 0. The number of ether oxygens (including phenoxy) is 3. The highest BCUT2D eigenvalue weighted by Gasteiger charge is 2.26. The van der Waals surface area contributed by atoms with Gasteiger partial charge in [-0.3, -0.25) is 9.69 Å². The molecule has 4 rings (SSSR count). The van der Waals surface area contributed by atoms with Crippen LogP contribution >= 0.6 is 0 Å². The molecule has 1 saturated heterocycles. The number of nitrogens with zero attached hydrogens (tertiary/aromatic N) is 1. The van der Waals surface area contributed by atoms with Crippen molar-refractivity contribution in [3.63, 3.8) is 0 Å². The lowest BCUT2D eigenvalue weighted by molar-refractivity contribution is -0.149. The minimum Gasteiger partial charge on any atom is -0.485 e. The van der Waals surface area contributed by atoms with Crippen molar-refractivity contribution in [1.82, 2.24) is 4.90 Å². The summed E-state index contributed by atoms with van der Waals surface area (Å²) >= 11 is 0. The maximum absolute atomic E-state index is 11.9. The Kier molecular flexibility index (Phi) is 5.81. The van der Waals surface area contributed by atoms with Crippen LogP contribution in [0.25, 0.3) is 0 Å². The Labute approximate surface area is 166 Å². The Bertz CT molecular complexity index is 797. The maximum Gasteiger partial charge on any atom is 0.309 e. The molecule has 5 heteroatoms. The number of carbonyl (C=O) groups is 1. The third-order valence-corrected chi connectivity index (χ3v) is 5.47. The third-order valence-electron chi connectivity index (χ3n) is 5.47. The van der Waals surface area contributed by atoms with Crippen LogP contribution in [0.5, 0.6) is 11.5 Å². The Hall–Kier alpha value is -2.53. The Balaban J connectivity index is 1.30. The number of likely N-dealkylation sites (tertiary alicyclic amines) is 1. The van der Waals surface area contributed by atoms with Gasteiger partial charge in [-0.1, -0.05) is 36.4 Å². The number of esters is 1. The highest BCUT2D eigenvalue weighted by molar-refractivity contribution is 5.72. The van der Waals surface area contributed by atoms with Crippen LogP contribution in [-0.2, 0) is 16.1 Å². The first-order chi connectivity index (χ1) is 13.7. The number of piperidine rings is 1. The van der Waals surface area contributed by atoms with E-state index in [0.29, 0.717) is 13.2 Å². The number of carbonyl (C=O) groups excluding carboxylic acids is 1. The minimum atomic E-state index is -0.0794. The van der Waals surface area contributed by atoms with Crippen molar-refractivity contribution >= 4 is 5.97 Å². The summed E-state index contributed by atoms with van der Waals surface area (Å²) in [6.45, 7) is 5.62. The standard InChI is InChI=1S/C23H27NO4/c1-2-26-23(25)19-11-13-24(14-12-19)15-17-7-9-18(10-8-17)22-16-27-20-5-3-4-6-21(20)28-22/h3-10,19,22H,2,11-16H2,1H3. The van der Waals surface area contributed by atoms with Crippen molar-refractivity contribution in [2.45, 2.75) is 32.4 Å². The fourth-order valence-corrected chi connectivity index (χ4v) is 3.87. The molecule has 2 aliphatic rings. The molecule has 0 N–H and O–H groups in total. The molecule has 2 aromatic rings. The smallest absolute Gasteiger partial charge is 0.309 e. The zero-order valence-electron chi connectivity index (χ0n) is 16.3. The average Bonchev–Trinajstić information content (AvgIpc) is 2.75. The SMILES string of the molecule is CCOC(=O)C1CCN(Cc2ccc(C3COc4ccccc4O3)cc2)CC1. The number of hydrogen-bond donors (Lipinski definition) is 0. The molecule has 148 valence electrons. The van der Waals surface area contributed by atoms with Crippen LogP contribution in [0.4, 0.5) is 0 Å². The van der Waals surface area contributed by atoms with Crippen LogP contribution in [0.2, 0.25) is 0 Å². The van der Waals surface area contributed by atoms with Crippen molar-refractivity contribution in [2.24, 2.45) is 5.92 Å². The summed E-state index contributed by atoms with van der Waals surface area (Å²) in [6.07, 6.45) is 1.68. The van der Waals surface area contributed by atoms with Gasteiger partial charge in [0.15, 0.2) is 17.6 Å². The molecule has 5 nitrogen and oxygen atoms in total. The van der Waals surface area contributed by atoms with Gasteiger partial charge in [0.05, 0.1) is 12.5 Å². The highest BCUT2D eigenvalue weighted by atomic mass is 16.6. The maximum atomic E-state index is 11.9. The zero-order valence-corrected chi connectivity index (χ0v) is 16.3. The predicted octanol–water partition coefficient (Wildman–Crippen LogP) is 3.97. The highest BCUT2D eigenvalue weighted by Crippen LogP contribution is 2.35. The van der Waals surface area contributed by atoms with Crippen molar-refractivity contribution in [3.8, 4) is 11.5 Å². The minimum absolute atomic E-state index is 0.0391. The van der Waals surface area contributed by atoms with Crippen LogP contribution in [0.15, 0.2) is 48.5 Å². The van der Waals surface area contributed by atoms with Gasteiger partial charge >= 0.3 is 5.97 Å². The number of benzene rings is 2. The van der Waals surface area contributed by atoms with E-state index in [2.05, 4.69) is 29.2 Å². The molecule has 28 heavy (non-hydrogen) atoms. The second-order valence-corrected chi connectivity index (χ2v) is 7.41. The van der Waals surface area contributed by atoms with Gasteiger partial charge in [0.25, 0.3) is 0 Å². The van der Waals surface area contributed by atoms with E-state index < -0.39 is 0 Å². The summed E-state index contributed by atoms with van der Waals surface area (Å²) in [5.74, 6) is 1.63. The van der Waals surface area contributed by atoms with Crippen molar-refractivity contribution in [2.75, 3.05) is 26.3 Å². The van der Waals surface area contributed by atoms with Crippen LogP contribution in [-0.4, -0.2) is 37.2 Å². The number of rotatable bonds is 5. The molecule has 0 spiro atoms. The molecule has 0 radical (unpaired) electrons. The predicted molar refractivity (Wildman–Crippen MR) is 106 cm³/mol. The monoisotopic (exact) mass is 381 g/mol. The zero-order chi connectivity index (χ0) is 19.3. The normalized spacial score (nSPS) is 20.0. The van der Waals surface area contributed by atoms with Crippen molar-refractivity contribution in [1.29, 1.82) is 0 Å². The van der Waals surface area contributed by atoms with E-state index in [1.807, 2.05) is 31.2 Å². The van der Waals surface area contributed by atoms with Crippen molar-refractivity contribution < 1.29 is 19.0 Å². The largest absolute Gasteiger partial charge is 0.485 e. The number of fused-ring (bicyclic) bond motifs is 1.